The quantitative estimate of drug-likeness (QED) is 0.668. The Morgan fingerprint density at radius 2 is 1.85 bits per heavy atom. The summed E-state index contributed by atoms with van der Waals surface area (Å²) in [4.78, 5) is 4.71. The van der Waals surface area contributed by atoms with Crippen LogP contribution < -0.4 is 5.32 Å². The van der Waals surface area contributed by atoms with E-state index in [1.807, 2.05) is 18.2 Å². The summed E-state index contributed by atoms with van der Waals surface area (Å²) < 4.78 is 47.1. The third-order valence-corrected chi connectivity index (χ3v) is 7.57. The Bertz CT molecular complexity index is 965. The highest BCUT2D eigenvalue weighted by Crippen LogP contribution is 2.51. The largest absolute Gasteiger partial charge is 0.416 e. The summed E-state index contributed by atoms with van der Waals surface area (Å²) in [5.41, 5.74) is 1.92. The molecule has 0 amide bonds. The van der Waals surface area contributed by atoms with E-state index in [0.717, 1.165) is 50.1 Å². The number of likely N-dealkylation sites (N-methyl/N-ethyl adjacent to an activating group) is 1. The molecule has 1 unspecified atom stereocenters. The van der Waals surface area contributed by atoms with E-state index in [-0.39, 0.29) is 24.2 Å². The van der Waals surface area contributed by atoms with Crippen molar-refractivity contribution in [1.82, 2.24) is 9.80 Å². The van der Waals surface area contributed by atoms with Crippen molar-refractivity contribution >= 4 is 5.69 Å². The second kappa shape index (κ2) is 8.93. The summed E-state index contributed by atoms with van der Waals surface area (Å²) in [5.74, 6) is 0.0905. The molecule has 2 saturated heterocycles. The van der Waals surface area contributed by atoms with Gasteiger partial charge in [-0.25, -0.2) is 0 Å². The Morgan fingerprint density at radius 3 is 2.55 bits per heavy atom. The molecule has 3 aliphatic heterocycles. The van der Waals surface area contributed by atoms with Crippen LogP contribution in [0.2, 0.25) is 0 Å². The highest BCUT2D eigenvalue weighted by atomic mass is 19.4. The number of benzene rings is 2. The van der Waals surface area contributed by atoms with Crippen molar-refractivity contribution in [3.63, 3.8) is 0 Å². The molecule has 3 aliphatic rings. The number of hydrogen-bond donors (Lipinski definition) is 1. The van der Waals surface area contributed by atoms with Gasteiger partial charge in [0.05, 0.1) is 23.8 Å². The van der Waals surface area contributed by atoms with E-state index in [1.54, 1.807) is 6.07 Å². The molecule has 0 saturated carbocycles. The van der Waals surface area contributed by atoms with Crippen molar-refractivity contribution in [3.8, 4) is 0 Å². The van der Waals surface area contributed by atoms with Crippen LogP contribution in [0.1, 0.15) is 48.1 Å². The number of rotatable bonds is 4. The predicted molar refractivity (Wildman–Crippen MR) is 123 cm³/mol. The molecule has 5 atom stereocenters. The molecule has 33 heavy (non-hydrogen) atoms. The average molecular weight is 460 g/mol. The van der Waals surface area contributed by atoms with Gasteiger partial charge < -0.3 is 15.0 Å². The lowest BCUT2D eigenvalue weighted by Gasteiger charge is -2.46. The Morgan fingerprint density at radius 1 is 1.06 bits per heavy atom. The van der Waals surface area contributed by atoms with Gasteiger partial charge in [0.15, 0.2) is 0 Å². The number of likely N-dealkylation sites (tertiary alicyclic amines) is 1. The number of alkyl halides is 3. The first kappa shape index (κ1) is 22.7. The van der Waals surface area contributed by atoms with Crippen LogP contribution in [0.3, 0.4) is 0 Å². The molecule has 3 heterocycles. The number of nitrogens with one attached hydrogen (secondary N) is 1. The molecule has 2 fully saturated rings. The minimum absolute atomic E-state index is 0.0197. The number of halogens is 3. The summed E-state index contributed by atoms with van der Waals surface area (Å²) >= 11 is 0. The van der Waals surface area contributed by atoms with Gasteiger partial charge in [0.25, 0.3) is 0 Å². The molecule has 0 aromatic heterocycles. The van der Waals surface area contributed by atoms with Crippen molar-refractivity contribution in [1.29, 1.82) is 0 Å². The van der Waals surface area contributed by atoms with E-state index in [1.165, 1.54) is 12.1 Å². The zero-order valence-electron chi connectivity index (χ0n) is 19.2. The van der Waals surface area contributed by atoms with Crippen LogP contribution in [0.5, 0.6) is 0 Å². The molecule has 2 aromatic rings. The second-order valence-corrected chi connectivity index (χ2v) is 9.92. The molecular weight excluding hydrogens is 427 g/mol. The van der Waals surface area contributed by atoms with E-state index >= 15 is 0 Å². The fourth-order valence-electron chi connectivity index (χ4n) is 5.74. The predicted octanol–water partition coefficient (Wildman–Crippen LogP) is 5.34. The topological polar surface area (TPSA) is 27.7 Å². The van der Waals surface area contributed by atoms with Crippen molar-refractivity contribution in [2.45, 2.75) is 49.7 Å². The fourth-order valence-corrected chi connectivity index (χ4v) is 5.74. The maximum Gasteiger partial charge on any atom is 0.416 e. The van der Waals surface area contributed by atoms with Crippen LogP contribution in [0.15, 0.2) is 48.5 Å². The zero-order chi connectivity index (χ0) is 23.2. The number of anilines is 1. The normalized spacial score (nSPS) is 30.1. The molecule has 178 valence electrons. The van der Waals surface area contributed by atoms with Gasteiger partial charge in [-0.2, -0.15) is 13.2 Å². The first-order valence-electron chi connectivity index (χ1n) is 11.9. The van der Waals surface area contributed by atoms with Crippen molar-refractivity contribution in [2.75, 3.05) is 39.0 Å². The van der Waals surface area contributed by atoms with E-state index in [0.29, 0.717) is 11.6 Å². The molecule has 1 N–H and O–H groups in total. The van der Waals surface area contributed by atoms with Gasteiger partial charge in [0, 0.05) is 36.3 Å². The Kier molecular flexibility index (Phi) is 6.14. The summed E-state index contributed by atoms with van der Waals surface area (Å²) in [6.07, 6.45) is -1.70. The van der Waals surface area contributed by atoms with Crippen LogP contribution in [-0.4, -0.2) is 55.7 Å². The summed E-state index contributed by atoms with van der Waals surface area (Å²) in [6, 6.07) is 14.8. The van der Waals surface area contributed by atoms with Gasteiger partial charge in [-0.1, -0.05) is 30.3 Å². The molecule has 0 aliphatic carbocycles. The van der Waals surface area contributed by atoms with Crippen LogP contribution in [-0.2, 0) is 10.9 Å². The van der Waals surface area contributed by atoms with Crippen molar-refractivity contribution in [2.24, 2.45) is 5.92 Å². The fraction of sp³-hybridized carbons (Fsp3) is 0.538. The van der Waals surface area contributed by atoms with Gasteiger partial charge in [-0.3, -0.25) is 4.90 Å². The van der Waals surface area contributed by atoms with Crippen LogP contribution in [0.4, 0.5) is 18.9 Å². The Hall–Kier alpha value is -2.09. The first-order chi connectivity index (χ1) is 15.8. The maximum absolute atomic E-state index is 13.5. The number of hydrogen-bond acceptors (Lipinski definition) is 4. The summed E-state index contributed by atoms with van der Waals surface area (Å²) in [6.45, 7) is 2.90. The Labute approximate surface area is 193 Å². The summed E-state index contributed by atoms with van der Waals surface area (Å²) in [7, 11) is 4.23. The second-order valence-electron chi connectivity index (χ2n) is 9.92. The number of nitrogens with zero attached hydrogens (tertiary/aromatic N) is 2. The van der Waals surface area contributed by atoms with Gasteiger partial charge in [-0.15, -0.1) is 0 Å². The van der Waals surface area contributed by atoms with E-state index < -0.39 is 11.7 Å². The minimum atomic E-state index is -4.37. The lowest BCUT2D eigenvalue weighted by atomic mass is 9.76. The molecule has 5 rings (SSSR count). The average Bonchev–Trinajstić information content (AvgIpc) is 3.27. The van der Waals surface area contributed by atoms with Gasteiger partial charge >= 0.3 is 6.18 Å². The zero-order valence-corrected chi connectivity index (χ0v) is 19.2. The lowest BCUT2D eigenvalue weighted by molar-refractivity contribution is -0.138. The van der Waals surface area contributed by atoms with Crippen molar-refractivity contribution < 1.29 is 17.9 Å². The highest BCUT2D eigenvalue weighted by Gasteiger charge is 2.44. The standard InChI is InChI=1S/C26H32F3N3O/c1-31(2)19-12-13-32(15-19)16-20-9-10-21-24(17-6-4-3-5-7-17)30-23-11-8-18(26(27,28)29)14-22(23)25(21)33-20/h3-8,11,14,19-21,24-25,30H,9-10,12-13,15-16H2,1-2H3/t19?,20-,21+,24+,25+/m1/s1. The van der Waals surface area contributed by atoms with Gasteiger partial charge in [-0.05, 0) is 63.7 Å². The molecule has 2 aromatic carbocycles. The van der Waals surface area contributed by atoms with Crippen molar-refractivity contribution in [3.05, 3.63) is 65.2 Å². The van der Waals surface area contributed by atoms with E-state index in [9.17, 15) is 13.2 Å². The van der Waals surface area contributed by atoms with Crippen LogP contribution in [0, 0.1) is 5.92 Å². The monoisotopic (exact) mass is 459 g/mol. The molecule has 0 radical (unpaired) electrons. The van der Waals surface area contributed by atoms with E-state index in [2.05, 4.69) is 41.3 Å². The van der Waals surface area contributed by atoms with Gasteiger partial charge in [0.2, 0.25) is 0 Å². The van der Waals surface area contributed by atoms with E-state index in [4.69, 9.17) is 4.74 Å². The maximum atomic E-state index is 13.5. The SMILES string of the molecule is CN(C)C1CCN(C[C@H]2CC[C@@H]3[C@H](O2)c2cc(C(F)(F)F)ccc2N[C@H]3c2ccccc2)C1. The molecular formula is C26H32F3N3O. The highest BCUT2D eigenvalue weighted by molar-refractivity contribution is 5.58. The molecule has 0 bridgehead atoms. The third kappa shape index (κ3) is 4.63. The summed E-state index contributed by atoms with van der Waals surface area (Å²) in [5, 5.41) is 3.53. The molecule has 4 nitrogen and oxygen atoms in total. The smallest absolute Gasteiger partial charge is 0.378 e. The Balaban J connectivity index is 1.42. The minimum Gasteiger partial charge on any atom is -0.378 e. The first-order valence-corrected chi connectivity index (χ1v) is 11.9. The number of fused-ring (bicyclic) bond motifs is 3. The number of ether oxygens (including phenoxy) is 1. The van der Waals surface area contributed by atoms with Crippen LogP contribution >= 0.6 is 0 Å². The molecule has 0 spiro atoms. The third-order valence-electron chi connectivity index (χ3n) is 7.57. The molecule has 7 heteroatoms. The van der Waals surface area contributed by atoms with Crippen LogP contribution in [0.25, 0.3) is 0 Å². The van der Waals surface area contributed by atoms with Gasteiger partial charge in [0.1, 0.15) is 0 Å². The lowest BCUT2D eigenvalue weighted by Crippen LogP contribution is -2.43.